The zero-order chi connectivity index (χ0) is 26.3. The number of nitrogens with one attached hydrogen (secondary N) is 2. The van der Waals surface area contributed by atoms with Crippen LogP contribution in [0.25, 0.3) is 10.9 Å². The largest absolute Gasteiger partial charge is 0.395 e. The van der Waals surface area contributed by atoms with Crippen LogP contribution in [0.15, 0.2) is 53.3 Å². The van der Waals surface area contributed by atoms with Gasteiger partial charge in [-0.1, -0.05) is 35.9 Å². The Bertz CT molecular complexity index is 1480. The van der Waals surface area contributed by atoms with E-state index in [1.165, 1.54) is 18.4 Å². The summed E-state index contributed by atoms with van der Waals surface area (Å²) in [6, 6.07) is 14.0. The van der Waals surface area contributed by atoms with Gasteiger partial charge in [0.05, 0.1) is 27.3 Å². The molecule has 1 amide bonds. The number of aliphatic hydroxyl groups is 1. The number of aliphatic hydroxyl groups excluding tert-OH is 1. The monoisotopic (exact) mass is 531 g/mol. The Morgan fingerprint density at radius 1 is 1.17 bits per heavy atom. The zero-order valence-corrected chi connectivity index (χ0v) is 22.0. The van der Waals surface area contributed by atoms with Crippen LogP contribution < -0.4 is 16.2 Å². The van der Waals surface area contributed by atoms with Crippen molar-refractivity contribution in [3.05, 3.63) is 75.0 Å². The van der Waals surface area contributed by atoms with Crippen molar-refractivity contribution in [2.24, 2.45) is 7.05 Å². The average Bonchev–Trinajstić information content (AvgIpc) is 3.66. The molecule has 0 bridgehead atoms. The molecule has 1 aliphatic carbocycles. The maximum Gasteiger partial charge on any atom is 0.263 e. The molecule has 192 valence electrons. The van der Waals surface area contributed by atoms with Gasteiger partial charge in [0.2, 0.25) is 0 Å². The van der Waals surface area contributed by atoms with Gasteiger partial charge in [0.1, 0.15) is 5.56 Å². The van der Waals surface area contributed by atoms with Gasteiger partial charge in [-0.15, -0.1) is 0 Å². The second-order valence-corrected chi connectivity index (χ2v) is 13.3. The van der Waals surface area contributed by atoms with Gasteiger partial charge in [-0.05, 0) is 56.5 Å². The summed E-state index contributed by atoms with van der Waals surface area (Å²) in [6.07, 6.45) is 1.01. The number of hydrogen-bond donors (Lipinski definition) is 3. The average molecular weight is 532 g/mol. The summed E-state index contributed by atoms with van der Waals surface area (Å²) in [4.78, 5) is 25.9. The summed E-state index contributed by atoms with van der Waals surface area (Å²) in [5, 5.41) is 16.9. The van der Waals surface area contributed by atoms with Crippen LogP contribution in [-0.2, 0) is 23.4 Å². The van der Waals surface area contributed by atoms with Gasteiger partial charge in [-0.25, -0.2) is 8.42 Å². The van der Waals surface area contributed by atoms with Crippen LogP contribution in [0.4, 0.5) is 5.69 Å². The fraction of sp³-hybridized carbons (Fsp3) is 0.385. The molecule has 0 aliphatic heterocycles. The maximum atomic E-state index is 13.2. The Kier molecular flexibility index (Phi) is 6.94. The Morgan fingerprint density at radius 3 is 2.44 bits per heavy atom. The summed E-state index contributed by atoms with van der Waals surface area (Å²) >= 11 is 5.90. The van der Waals surface area contributed by atoms with E-state index >= 15 is 0 Å². The third-order valence-corrected chi connectivity index (χ3v) is 10.5. The molecule has 3 N–H and O–H groups in total. The lowest BCUT2D eigenvalue weighted by Crippen LogP contribution is -2.46. The van der Waals surface area contributed by atoms with Crippen molar-refractivity contribution in [1.29, 1.82) is 0 Å². The van der Waals surface area contributed by atoms with E-state index in [4.69, 9.17) is 11.6 Å². The maximum absolute atomic E-state index is 13.2. The van der Waals surface area contributed by atoms with Crippen molar-refractivity contribution < 1.29 is 18.3 Å². The number of benzene rings is 2. The molecule has 1 aliphatic rings. The number of sulfone groups is 1. The summed E-state index contributed by atoms with van der Waals surface area (Å²) in [5.41, 5.74) is 1.59. The lowest BCUT2D eigenvalue weighted by Gasteiger charge is -2.29. The van der Waals surface area contributed by atoms with Gasteiger partial charge in [0.25, 0.3) is 11.5 Å². The molecule has 2 aromatic carbocycles. The number of halogens is 1. The molecule has 4 rings (SSSR count). The van der Waals surface area contributed by atoms with E-state index < -0.39 is 37.4 Å². The predicted octanol–water partition coefficient (Wildman–Crippen LogP) is 3.25. The van der Waals surface area contributed by atoms with Crippen molar-refractivity contribution in [3.63, 3.8) is 0 Å². The predicted molar refractivity (Wildman–Crippen MR) is 142 cm³/mol. The summed E-state index contributed by atoms with van der Waals surface area (Å²) < 4.78 is 25.5. The number of rotatable bonds is 9. The molecule has 0 atom stereocenters. The minimum atomic E-state index is -3.61. The molecule has 1 fully saturated rings. The molecule has 3 aromatic rings. The van der Waals surface area contributed by atoms with Crippen LogP contribution in [0.2, 0.25) is 5.02 Å². The fourth-order valence-corrected chi connectivity index (χ4v) is 6.71. The first-order valence-corrected chi connectivity index (χ1v) is 13.5. The number of aromatic nitrogens is 1. The molecule has 1 aromatic heterocycles. The van der Waals surface area contributed by atoms with Gasteiger partial charge < -0.3 is 20.3 Å². The lowest BCUT2D eigenvalue weighted by atomic mass is 10.1. The van der Waals surface area contributed by atoms with Crippen molar-refractivity contribution in [2.75, 3.05) is 18.5 Å². The van der Waals surface area contributed by atoms with Gasteiger partial charge in [-0.2, -0.15) is 0 Å². The van der Waals surface area contributed by atoms with Crippen molar-refractivity contribution in [1.82, 2.24) is 9.88 Å². The first kappa shape index (κ1) is 26.2. The number of aryl methyl sites for hydroxylation is 1. The molecular formula is C26H30ClN3O5S. The Morgan fingerprint density at radius 2 is 1.83 bits per heavy atom. The number of carbonyl (C=O) groups is 1. The van der Waals surface area contributed by atoms with Crippen LogP contribution in [0.1, 0.15) is 42.6 Å². The van der Waals surface area contributed by atoms with E-state index in [9.17, 15) is 23.1 Å². The number of carbonyl (C=O) groups excluding carboxylic acids is 1. The molecule has 0 spiro atoms. The van der Waals surface area contributed by atoms with Gasteiger partial charge in [0.15, 0.2) is 9.84 Å². The number of fused-ring (bicyclic) bond motifs is 1. The van der Waals surface area contributed by atoms with E-state index in [2.05, 4.69) is 10.6 Å². The summed E-state index contributed by atoms with van der Waals surface area (Å²) in [5.74, 6) is -0.486. The van der Waals surface area contributed by atoms with E-state index in [1.807, 2.05) is 0 Å². The van der Waals surface area contributed by atoms with Gasteiger partial charge in [-0.3, -0.25) is 9.59 Å². The smallest absolute Gasteiger partial charge is 0.263 e. The second kappa shape index (κ2) is 9.53. The standard InChI is InChI=1S/C26H30ClN3O5S/c1-25(2,16-31)36(34,35)26(11-12-26)15-29-21-6-4-5-18-13-20(24(33)30(3)22(18)21)23(32)28-14-17-7-9-19(27)10-8-17/h4-10,13,29,31H,11-12,14-16H2,1-3H3,(H,28,32). The third-order valence-electron chi connectivity index (χ3n) is 6.94. The molecule has 0 saturated heterocycles. The second-order valence-electron chi connectivity index (χ2n) is 9.93. The highest BCUT2D eigenvalue weighted by Gasteiger charge is 2.59. The van der Waals surface area contributed by atoms with Gasteiger partial charge >= 0.3 is 0 Å². The summed E-state index contributed by atoms with van der Waals surface area (Å²) in [7, 11) is -2.02. The number of anilines is 1. The number of nitrogens with zero attached hydrogens (tertiary/aromatic N) is 1. The van der Waals surface area contributed by atoms with Crippen molar-refractivity contribution in [3.8, 4) is 0 Å². The van der Waals surface area contributed by atoms with Gasteiger partial charge in [0, 0.05) is 30.5 Å². The van der Waals surface area contributed by atoms with Crippen LogP contribution in [0.5, 0.6) is 0 Å². The highest BCUT2D eigenvalue weighted by atomic mass is 35.5. The van der Waals surface area contributed by atoms with E-state index in [0.717, 1.165) is 5.56 Å². The molecule has 1 saturated carbocycles. The Labute approximate surface area is 215 Å². The lowest BCUT2D eigenvalue weighted by molar-refractivity contribution is 0.0949. The van der Waals surface area contributed by atoms with E-state index in [0.29, 0.717) is 34.5 Å². The van der Waals surface area contributed by atoms with Crippen molar-refractivity contribution >= 4 is 43.9 Å². The summed E-state index contributed by atoms with van der Waals surface area (Å²) in [6.45, 7) is 3.02. The SMILES string of the molecule is Cn1c(=O)c(C(=O)NCc2ccc(Cl)cc2)cc2cccc(NCC3(S(=O)(=O)C(C)(C)CO)CC3)c21. The quantitative estimate of drug-likeness (QED) is 0.390. The highest BCUT2D eigenvalue weighted by Crippen LogP contribution is 2.48. The molecule has 36 heavy (non-hydrogen) atoms. The van der Waals surface area contributed by atoms with E-state index in [-0.39, 0.29) is 18.7 Å². The number of para-hydroxylation sites is 1. The Balaban J connectivity index is 1.59. The molecule has 8 nitrogen and oxygen atoms in total. The molecule has 0 unspecified atom stereocenters. The Hall–Kier alpha value is -2.88. The third kappa shape index (κ3) is 4.63. The minimum absolute atomic E-state index is 0.0158. The van der Waals surface area contributed by atoms with Crippen LogP contribution in [-0.4, -0.2) is 46.6 Å². The van der Waals surface area contributed by atoms with Crippen LogP contribution in [0, 0.1) is 0 Å². The first-order chi connectivity index (χ1) is 16.9. The first-order valence-electron chi connectivity index (χ1n) is 11.7. The number of hydrogen-bond acceptors (Lipinski definition) is 6. The topological polar surface area (TPSA) is 118 Å². The normalized spacial score (nSPS) is 15.0. The van der Waals surface area contributed by atoms with Crippen molar-refractivity contribution in [2.45, 2.75) is 42.7 Å². The minimum Gasteiger partial charge on any atom is -0.395 e. The number of pyridine rings is 1. The number of amides is 1. The molecular weight excluding hydrogens is 502 g/mol. The molecule has 1 heterocycles. The zero-order valence-electron chi connectivity index (χ0n) is 20.5. The van der Waals surface area contributed by atoms with E-state index in [1.54, 1.807) is 55.6 Å². The van der Waals surface area contributed by atoms with Crippen LogP contribution >= 0.6 is 11.6 Å². The molecule has 10 heteroatoms. The molecule has 0 radical (unpaired) electrons. The highest BCUT2D eigenvalue weighted by molar-refractivity contribution is 7.94. The fourth-order valence-electron chi connectivity index (χ4n) is 4.34. The van der Waals surface area contributed by atoms with Crippen LogP contribution in [0.3, 0.4) is 0 Å².